The number of amides is 1. The smallest absolute Gasteiger partial charge is 0.253 e. The van der Waals surface area contributed by atoms with Gasteiger partial charge in [-0.15, -0.1) is 10.2 Å². The lowest BCUT2D eigenvalue weighted by molar-refractivity contribution is 0.0950. The average molecular weight is 497 g/mol. The molecule has 4 rings (SSSR count). The zero-order valence-electron chi connectivity index (χ0n) is 18.2. The standard InChI is InChI=1S/C25H22Cl2N4OS/c1-16-6-5-7-18(12-16)15-33-25-30-29-23(31(25)22-13-19(26)11-10-17(22)2)14-28-24(32)20-8-3-4-9-21(20)27/h3-13H,14-15H2,1-2H3,(H,28,32). The SMILES string of the molecule is Cc1cccc(CSc2nnc(CNC(=O)c3ccccc3Cl)n2-c2cc(Cl)ccc2C)c1. The normalized spacial score (nSPS) is 10.9. The van der Waals surface area contributed by atoms with E-state index in [-0.39, 0.29) is 12.5 Å². The fraction of sp³-hybridized carbons (Fsp3) is 0.160. The van der Waals surface area contributed by atoms with E-state index in [1.54, 1.807) is 36.0 Å². The van der Waals surface area contributed by atoms with Crippen LogP contribution in [0.1, 0.15) is 32.9 Å². The van der Waals surface area contributed by atoms with Gasteiger partial charge in [-0.1, -0.05) is 83.0 Å². The molecule has 0 radical (unpaired) electrons. The summed E-state index contributed by atoms with van der Waals surface area (Å²) >= 11 is 14.1. The van der Waals surface area contributed by atoms with Crippen LogP contribution in [0.5, 0.6) is 0 Å². The molecule has 0 unspecified atom stereocenters. The number of hydrogen-bond acceptors (Lipinski definition) is 4. The van der Waals surface area contributed by atoms with Gasteiger partial charge in [0.15, 0.2) is 11.0 Å². The molecule has 1 N–H and O–H groups in total. The number of aromatic nitrogens is 3. The first-order valence-corrected chi connectivity index (χ1v) is 12.1. The maximum absolute atomic E-state index is 12.7. The molecule has 0 aliphatic carbocycles. The Morgan fingerprint density at radius 3 is 2.61 bits per heavy atom. The highest BCUT2D eigenvalue weighted by atomic mass is 35.5. The number of benzene rings is 3. The van der Waals surface area contributed by atoms with Crippen LogP contribution >= 0.6 is 35.0 Å². The highest BCUT2D eigenvalue weighted by molar-refractivity contribution is 7.98. The lowest BCUT2D eigenvalue weighted by Crippen LogP contribution is -2.25. The van der Waals surface area contributed by atoms with Crippen molar-refractivity contribution in [1.82, 2.24) is 20.1 Å². The van der Waals surface area contributed by atoms with Gasteiger partial charge in [-0.05, 0) is 49.2 Å². The predicted octanol–water partition coefficient (Wildman–Crippen LogP) is 6.41. The minimum absolute atomic E-state index is 0.189. The fourth-order valence-electron chi connectivity index (χ4n) is 3.42. The topological polar surface area (TPSA) is 59.8 Å². The van der Waals surface area contributed by atoms with Crippen molar-refractivity contribution in [3.05, 3.63) is 105 Å². The van der Waals surface area contributed by atoms with E-state index in [4.69, 9.17) is 23.2 Å². The number of carbonyl (C=O) groups excluding carboxylic acids is 1. The number of nitrogens with one attached hydrogen (secondary N) is 1. The van der Waals surface area contributed by atoms with Gasteiger partial charge in [0.05, 0.1) is 22.8 Å². The number of thioether (sulfide) groups is 1. The van der Waals surface area contributed by atoms with Crippen LogP contribution in [0, 0.1) is 13.8 Å². The molecule has 168 valence electrons. The van der Waals surface area contributed by atoms with E-state index in [1.807, 2.05) is 35.8 Å². The average Bonchev–Trinajstić information content (AvgIpc) is 3.20. The number of nitrogens with zero attached hydrogens (tertiary/aromatic N) is 3. The Hall–Kier alpha value is -2.80. The molecule has 8 heteroatoms. The molecule has 5 nitrogen and oxygen atoms in total. The number of halogens is 2. The Kier molecular flexibility index (Phi) is 7.38. The summed E-state index contributed by atoms with van der Waals surface area (Å²) < 4.78 is 1.95. The van der Waals surface area contributed by atoms with Crippen molar-refractivity contribution in [1.29, 1.82) is 0 Å². The van der Waals surface area contributed by atoms with Crippen LogP contribution in [0.25, 0.3) is 5.69 Å². The van der Waals surface area contributed by atoms with E-state index in [0.717, 1.165) is 22.2 Å². The van der Waals surface area contributed by atoms with E-state index in [1.165, 1.54) is 11.1 Å². The van der Waals surface area contributed by atoms with E-state index in [2.05, 4.69) is 40.6 Å². The largest absolute Gasteiger partial charge is 0.345 e. The quantitative estimate of drug-likeness (QED) is 0.300. The first kappa shape index (κ1) is 23.4. The van der Waals surface area contributed by atoms with E-state index in [9.17, 15) is 4.79 Å². The summed E-state index contributed by atoms with van der Waals surface area (Å²) in [7, 11) is 0. The number of hydrogen-bond donors (Lipinski definition) is 1. The van der Waals surface area contributed by atoms with Gasteiger partial charge in [-0.2, -0.15) is 0 Å². The third kappa shape index (κ3) is 5.58. The van der Waals surface area contributed by atoms with Crippen LogP contribution in [0.2, 0.25) is 10.0 Å². The molecule has 0 aliphatic rings. The van der Waals surface area contributed by atoms with E-state index >= 15 is 0 Å². The lowest BCUT2D eigenvalue weighted by atomic mass is 10.2. The summed E-state index contributed by atoms with van der Waals surface area (Å²) in [6, 6.07) is 21.0. The van der Waals surface area contributed by atoms with Crippen molar-refractivity contribution >= 4 is 40.9 Å². The highest BCUT2D eigenvalue weighted by Crippen LogP contribution is 2.29. The van der Waals surface area contributed by atoms with Crippen molar-refractivity contribution < 1.29 is 4.79 Å². The molecule has 0 saturated heterocycles. The molecule has 0 fully saturated rings. The fourth-order valence-corrected chi connectivity index (χ4v) is 4.72. The summed E-state index contributed by atoms with van der Waals surface area (Å²) in [4.78, 5) is 12.7. The molecular weight excluding hydrogens is 475 g/mol. The summed E-state index contributed by atoms with van der Waals surface area (Å²) in [5.41, 5.74) is 4.73. The summed E-state index contributed by atoms with van der Waals surface area (Å²) in [5.74, 6) is 1.07. The van der Waals surface area contributed by atoms with Crippen molar-refractivity contribution in [2.75, 3.05) is 0 Å². The number of aryl methyl sites for hydroxylation is 2. The Balaban J connectivity index is 1.63. The van der Waals surface area contributed by atoms with Gasteiger partial charge < -0.3 is 5.32 Å². The van der Waals surface area contributed by atoms with Crippen LogP contribution in [-0.2, 0) is 12.3 Å². The van der Waals surface area contributed by atoms with Crippen LogP contribution in [0.4, 0.5) is 0 Å². The van der Waals surface area contributed by atoms with Gasteiger partial charge in [0.1, 0.15) is 0 Å². The molecule has 1 amide bonds. The second-order valence-corrected chi connectivity index (χ2v) is 9.39. The third-order valence-electron chi connectivity index (χ3n) is 5.09. The monoisotopic (exact) mass is 496 g/mol. The summed E-state index contributed by atoms with van der Waals surface area (Å²) in [5, 5.41) is 13.5. The molecule has 0 aliphatic heterocycles. The van der Waals surface area contributed by atoms with E-state index < -0.39 is 0 Å². The first-order valence-electron chi connectivity index (χ1n) is 10.3. The van der Waals surface area contributed by atoms with Gasteiger partial charge >= 0.3 is 0 Å². The van der Waals surface area contributed by atoms with Crippen LogP contribution < -0.4 is 5.32 Å². The van der Waals surface area contributed by atoms with E-state index in [0.29, 0.717) is 21.4 Å². The van der Waals surface area contributed by atoms with Crippen molar-refractivity contribution in [3.8, 4) is 5.69 Å². The highest BCUT2D eigenvalue weighted by Gasteiger charge is 2.18. The zero-order valence-corrected chi connectivity index (χ0v) is 20.5. The van der Waals surface area contributed by atoms with Gasteiger partial charge in [0, 0.05) is 10.8 Å². The molecule has 33 heavy (non-hydrogen) atoms. The van der Waals surface area contributed by atoms with Gasteiger partial charge in [-0.25, -0.2) is 0 Å². The van der Waals surface area contributed by atoms with Crippen LogP contribution in [0.15, 0.2) is 71.9 Å². The Labute approximate surface area is 207 Å². The van der Waals surface area contributed by atoms with Crippen LogP contribution in [-0.4, -0.2) is 20.7 Å². The molecule has 1 heterocycles. The summed E-state index contributed by atoms with van der Waals surface area (Å²) in [6.45, 7) is 4.27. The minimum Gasteiger partial charge on any atom is -0.345 e. The summed E-state index contributed by atoms with van der Waals surface area (Å²) in [6.07, 6.45) is 0. The third-order valence-corrected chi connectivity index (χ3v) is 6.65. The molecule has 0 bridgehead atoms. The second kappa shape index (κ2) is 10.4. The Morgan fingerprint density at radius 2 is 1.82 bits per heavy atom. The molecular formula is C25H22Cl2N4OS. The maximum atomic E-state index is 12.7. The molecule has 3 aromatic carbocycles. The molecule has 0 atom stereocenters. The van der Waals surface area contributed by atoms with Gasteiger partial charge in [0.25, 0.3) is 5.91 Å². The Bertz CT molecular complexity index is 1310. The van der Waals surface area contributed by atoms with Crippen molar-refractivity contribution in [2.45, 2.75) is 31.3 Å². The van der Waals surface area contributed by atoms with Gasteiger partial charge in [0.2, 0.25) is 0 Å². The Morgan fingerprint density at radius 1 is 1.00 bits per heavy atom. The predicted molar refractivity (Wildman–Crippen MR) is 134 cm³/mol. The zero-order chi connectivity index (χ0) is 23.4. The van der Waals surface area contributed by atoms with Crippen molar-refractivity contribution in [2.24, 2.45) is 0 Å². The molecule has 0 saturated carbocycles. The maximum Gasteiger partial charge on any atom is 0.253 e. The number of rotatable bonds is 7. The van der Waals surface area contributed by atoms with Crippen LogP contribution in [0.3, 0.4) is 0 Å². The second-order valence-electron chi connectivity index (χ2n) is 7.61. The number of carbonyl (C=O) groups is 1. The molecule has 4 aromatic rings. The first-order chi connectivity index (χ1) is 15.9. The van der Waals surface area contributed by atoms with Gasteiger partial charge in [-0.3, -0.25) is 9.36 Å². The van der Waals surface area contributed by atoms with Crippen molar-refractivity contribution in [3.63, 3.8) is 0 Å². The lowest BCUT2D eigenvalue weighted by Gasteiger charge is -2.14. The minimum atomic E-state index is -0.271. The molecule has 1 aromatic heterocycles. The molecule has 0 spiro atoms.